The monoisotopic (exact) mass is 425 g/mol. The fourth-order valence-corrected chi connectivity index (χ4v) is 2.94. The van der Waals surface area contributed by atoms with E-state index in [2.05, 4.69) is 11.9 Å². The molecule has 3 aromatic rings. The van der Waals surface area contributed by atoms with Gasteiger partial charge in [0.25, 0.3) is 0 Å². The normalized spacial score (nSPS) is 12.0. The van der Waals surface area contributed by atoms with Gasteiger partial charge >= 0.3 is 12.1 Å². The molecule has 156 valence electrons. The Labute approximate surface area is 167 Å². The third kappa shape index (κ3) is 4.17. The van der Waals surface area contributed by atoms with E-state index in [1.807, 2.05) is 0 Å². The van der Waals surface area contributed by atoms with Crippen LogP contribution in [0.5, 0.6) is 0 Å². The molecule has 0 aliphatic heterocycles. The van der Waals surface area contributed by atoms with Crippen LogP contribution in [0, 0.1) is 11.6 Å². The van der Waals surface area contributed by atoms with Gasteiger partial charge in [-0.15, -0.1) is 0 Å². The molecular formula is C22H14F7N. The molecule has 1 nitrogen and oxygen atoms in total. The van der Waals surface area contributed by atoms with Gasteiger partial charge < -0.3 is 5.32 Å². The van der Waals surface area contributed by atoms with E-state index in [9.17, 15) is 30.7 Å². The molecule has 0 saturated carbocycles. The number of hydrogen-bond donors (Lipinski definition) is 1. The second-order valence-corrected chi connectivity index (χ2v) is 6.40. The first-order valence-electron chi connectivity index (χ1n) is 8.57. The average molecular weight is 425 g/mol. The molecule has 3 rings (SSSR count). The van der Waals surface area contributed by atoms with E-state index >= 15 is 0 Å². The standard InChI is InChI=1S/C22H14F7N/c1-13(15-6-2-5-9-19(15)23)30-14-10-11-18(20(24)12-14)21(25,26)16-7-3-4-8-17(16)22(27,28)29/h2-12,30H,1H2. The van der Waals surface area contributed by atoms with Crippen LogP contribution in [0.4, 0.5) is 36.4 Å². The van der Waals surface area contributed by atoms with Crippen molar-refractivity contribution in [1.82, 2.24) is 0 Å². The molecule has 0 unspecified atom stereocenters. The van der Waals surface area contributed by atoms with Gasteiger partial charge in [-0.3, -0.25) is 0 Å². The lowest BCUT2D eigenvalue weighted by Crippen LogP contribution is -2.22. The number of nitrogens with one attached hydrogen (secondary N) is 1. The molecule has 0 bridgehead atoms. The zero-order chi connectivity index (χ0) is 22.1. The van der Waals surface area contributed by atoms with Gasteiger partial charge in [0.2, 0.25) is 0 Å². The van der Waals surface area contributed by atoms with E-state index in [4.69, 9.17) is 0 Å². The third-order valence-electron chi connectivity index (χ3n) is 4.37. The van der Waals surface area contributed by atoms with Crippen molar-refractivity contribution in [2.45, 2.75) is 12.1 Å². The quantitative estimate of drug-likeness (QED) is 0.426. The van der Waals surface area contributed by atoms with E-state index in [1.165, 1.54) is 18.2 Å². The van der Waals surface area contributed by atoms with Gasteiger partial charge in [0.1, 0.15) is 11.6 Å². The zero-order valence-corrected chi connectivity index (χ0v) is 15.2. The first-order chi connectivity index (χ1) is 14.0. The summed E-state index contributed by atoms with van der Waals surface area (Å²) in [6.07, 6.45) is -5.03. The number of halogens is 7. The lowest BCUT2D eigenvalue weighted by molar-refractivity contribution is -0.141. The highest BCUT2D eigenvalue weighted by Gasteiger charge is 2.44. The van der Waals surface area contributed by atoms with Crippen molar-refractivity contribution in [1.29, 1.82) is 0 Å². The molecule has 1 N–H and O–H groups in total. The zero-order valence-electron chi connectivity index (χ0n) is 15.2. The summed E-state index contributed by atoms with van der Waals surface area (Å²) in [7, 11) is 0. The average Bonchev–Trinajstić information content (AvgIpc) is 2.67. The lowest BCUT2D eigenvalue weighted by atomic mass is 9.95. The number of alkyl halides is 5. The van der Waals surface area contributed by atoms with Crippen LogP contribution in [0.2, 0.25) is 0 Å². The smallest absolute Gasteiger partial charge is 0.355 e. The van der Waals surface area contributed by atoms with Gasteiger partial charge in [0.15, 0.2) is 0 Å². The summed E-state index contributed by atoms with van der Waals surface area (Å²) in [5, 5.41) is 2.59. The molecule has 0 spiro atoms. The maximum Gasteiger partial charge on any atom is 0.416 e. The molecule has 0 heterocycles. The Morgan fingerprint density at radius 2 is 1.30 bits per heavy atom. The maximum absolute atomic E-state index is 14.8. The largest absolute Gasteiger partial charge is 0.416 e. The summed E-state index contributed by atoms with van der Waals surface area (Å²) < 4.78 is 97.3. The predicted octanol–water partition coefficient (Wildman–Crippen LogP) is 7.21. The molecule has 3 aromatic carbocycles. The molecule has 30 heavy (non-hydrogen) atoms. The van der Waals surface area contributed by atoms with Gasteiger partial charge in [0, 0.05) is 22.5 Å². The highest BCUT2D eigenvalue weighted by molar-refractivity contribution is 5.75. The number of anilines is 1. The lowest BCUT2D eigenvalue weighted by Gasteiger charge is -2.22. The van der Waals surface area contributed by atoms with Crippen LogP contribution in [-0.2, 0) is 12.1 Å². The summed E-state index contributed by atoms with van der Waals surface area (Å²) in [4.78, 5) is 0. The van der Waals surface area contributed by atoms with Crippen LogP contribution in [-0.4, -0.2) is 0 Å². The molecule has 0 fully saturated rings. The molecular weight excluding hydrogens is 411 g/mol. The van der Waals surface area contributed by atoms with Gasteiger partial charge in [0.05, 0.1) is 11.1 Å². The Kier molecular flexibility index (Phi) is 5.61. The highest BCUT2D eigenvalue weighted by atomic mass is 19.4. The van der Waals surface area contributed by atoms with Gasteiger partial charge in [-0.05, 0) is 36.4 Å². The van der Waals surface area contributed by atoms with Crippen molar-refractivity contribution in [3.8, 4) is 0 Å². The van der Waals surface area contributed by atoms with Crippen molar-refractivity contribution in [2.24, 2.45) is 0 Å². The van der Waals surface area contributed by atoms with Crippen molar-refractivity contribution < 1.29 is 30.7 Å². The van der Waals surface area contributed by atoms with Gasteiger partial charge in [-0.25, -0.2) is 8.78 Å². The van der Waals surface area contributed by atoms with Crippen molar-refractivity contribution in [3.05, 3.63) is 107 Å². The molecule has 0 aliphatic rings. The van der Waals surface area contributed by atoms with E-state index in [-0.39, 0.29) is 16.9 Å². The topological polar surface area (TPSA) is 12.0 Å². The third-order valence-corrected chi connectivity index (χ3v) is 4.37. The second-order valence-electron chi connectivity index (χ2n) is 6.40. The molecule has 0 aliphatic carbocycles. The summed E-state index contributed by atoms with van der Waals surface area (Å²) in [5.41, 5.74) is -4.01. The maximum atomic E-state index is 14.8. The second kappa shape index (κ2) is 7.85. The molecule has 0 radical (unpaired) electrons. The van der Waals surface area contributed by atoms with Crippen molar-refractivity contribution >= 4 is 11.4 Å². The van der Waals surface area contributed by atoms with Crippen LogP contribution in [0.25, 0.3) is 5.70 Å². The van der Waals surface area contributed by atoms with Crippen molar-refractivity contribution in [3.63, 3.8) is 0 Å². The Balaban J connectivity index is 1.94. The van der Waals surface area contributed by atoms with Crippen LogP contribution >= 0.6 is 0 Å². The number of benzene rings is 3. The minimum absolute atomic E-state index is 0.0237. The summed E-state index contributed by atoms with van der Waals surface area (Å²) in [5.74, 6) is -6.26. The predicted molar refractivity (Wildman–Crippen MR) is 99.9 cm³/mol. The molecule has 8 heteroatoms. The number of hydrogen-bond acceptors (Lipinski definition) is 1. The fourth-order valence-electron chi connectivity index (χ4n) is 2.94. The first kappa shape index (κ1) is 21.4. The van der Waals surface area contributed by atoms with Crippen LogP contribution < -0.4 is 5.32 Å². The summed E-state index contributed by atoms with van der Waals surface area (Å²) in [6.45, 7) is 3.62. The van der Waals surface area contributed by atoms with Crippen LogP contribution in [0.15, 0.2) is 73.3 Å². The van der Waals surface area contributed by atoms with Crippen LogP contribution in [0.3, 0.4) is 0 Å². The SMILES string of the molecule is C=C(Nc1ccc(C(F)(F)c2ccccc2C(F)(F)F)c(F)c1)c1ccccc1F. The minimum Gasteiger partial charge on any atom is -0.355 e. The van der Waals surface area contributed by atoms with E-state index in [1.54, 1.807) is 6.07 Å². The summed E-state index contributed by atoms with van der Waals surface area (Å²) in [6, 6.07) is 11.1. The van der Waals surface area contributed by atoms with Crippen LogP contribution in [0.1, 0.15) is 22.3 Å². The molecule has 0 atom stereocenters. The first-order valence-corrected chi connectivity index (χ1v) is 8.57. The molecule has 0 saturated heterocycles. The Bertz CT molecular complexity index is 1090. The van der Waals surface area contributed by atoms with Crippen molar-refractivity contribution in [2.75, 3.05) is 5.32 Å². The Morgan fingerprint density at radius 1 is 0.700 bits per heavy atom. The Hall–Kier alpha value is -3.29. The molecule has 0 amide bonds. The fraction of sp³-hybridized carbons (Fsp3) is 0.0909. The van der Waals surface area contributed by atoms with E-state index < -0.39 is 40.4 Å². The number of rotatable bonds is 5. The molecule has 0 aromatic heterocycles. The minimum atomic E-state index is -5.03. The van der Waals surface area contributed by atoms with E-state index in [0.29, 0.717) is 24.3 Å². The Morgan fingerprint density at radius 3 is 1.90 bits per heavy atom. The highest BCUT2D eigenvalue weighted by Crippen LogP contribution is 2.44. The van der Waals surface area contributed by atoms with Gasteiger partial charge in [-0.1, -0.05) is 36.9 Å². The summed E-state index contributed by atoms with van der Waals surface area (Å²) >= 11 is 0. The van der Waals surface area contributed by atoms with E-state index in [0.717, 1.165) is 18.2 Å². The van der Waals surface area contributed by atoms with Gasteiger partial charge in [-0.2, -0.15) is 22.0 Å².